The van der Waals surface area contributed by atoms with E-state index in [4.69, 9.17) is 4.74 Å². The lowest BCUT2D eigenvalue weighted by Crippen LogP contribution is -2.50. The molecule has 4 heterocycles. The van der Waals surface area contributed by atoms with Crippen LogP contribution in [0.3, 0.4) is 0 Å². The van der Waals surface area contributed by atoms with Crippen LogP contribution in [0.5, 0.6) is 0 Å². The Bertz CT molecular complexity index is 716. The molecule has 0 unspecified atom stereocenters. The van der Waals surface area contributed by atoms with Gasteiger partial charge in [0.2, 0.25) is 0 Å². The fraction of sp³-hybridized carbons (Fsp3) is 0.562. The number of amides is 1. The molecule has 1 amide bonds. The highest BCUT2D eigenvalue weighted by Crippen LogP contribution is 2.36. The molecular weight excluding hydrogens is 326 g/mol. The molecule has 8 heteroatoms. The Hall–Kier alpha value is -1.93. The van der Waals surface area contributed by atoms with Gasteiger partial charge in [-0.3, -0.25) is 9.89 Å². The van der Waals surface area contributed by atoms with Crippen LogP contribution in [0.4, 0.5) is 5.13 Å². The summed E-state index contributed by atoms with van der Waals surface area (Å²) in [6.07, 6.45) is 4.65. The minimum absolute atomic E-state index is 0.0154. The van der Waals surface area contributed by atoms with E-state index in [2.05, 4.69) is 20.5 Å². The minimum atomic E-state index is -0.242. The molecule has 2 saturated heterocycles. The number of piperidine rings is 1. The molecule has 2 aromatic heterocycles. The molecule has 128 valence electrons. The van der Waals surface area contributed by atoms with Crippen LogP contribution in [-0.4, -0.2) is 57.3 Å². The van der Waals surface area contributed by atoms with E-state index in [9.17, 15) is 4.79 Å². The molecule has 0 saturated carbocycles. The lowest BCUT2D eigenvalue weighted by Gasteiger charge is -2.39. The van der Waals surface area contributed by atoms with Crippen LogP contribution in [0, 0.1) is 6.92 Å². The van der Waals surface area contributed by atoms with E-state index in [1.54, 1.807) is 23.6 Å². The molecule has 4 rings (SSSR count). The van der Waals surface area contributed by atoms with E-state index in [-0.39, 0.29) is 17.6 Å². The summed E-state index contributed by atoms with van der Waals surface area (Å²) in [4.78, 5) is 18.8. The number of aromatic nitrogens is 3. The van der Waals surface area contributed by atoms with E-state index in [0.717, 1.165) is 36.6 Å². The maximum absolute atomic E-state index is 12.7. The number of anilines is 1. The number of nitrogens with zero attached hydrogens (tertiary/aromatic N) is 3. The maximum Gasteiger partial charge on any atom is 0.274 e. The Morgan fingerprint density at radius 1 is 1.58 bits per heavy atom. The van der Waals surface area contributed by atoms with Crippen LogP contribution in [0.15, 0.2) is 17.6 Å². The SMILES string of the molecule is Cc1cc(C(=O)N2CCC[C@@]3(C[C@H](Nc4nccs4)CO3)C2)n[nH]1. The summed E-state index contributed by atoms with van der Waals surface area (Å²) < 4.78 is 6.16. The van der Waals surface area contributed by atoms with E-state index in [1.165, 1.54) is 0 Å². The third-order valence-corrected chi connectivity index (χ3v) is 5.43. The van der Waals surface area contributed by atoms with Gasteiger partial charge in [0, 0.05) is 30.2 Å². The summed E-state index contributed by atoms with van der Waals surface area (Å²) in [5, 5.41) is 13.3. The van der Waals surface area contributed by atoms with Crippen LogP contribution in [0.1, 0.15) is 35.4 Å². The predicted molar refractivity (Wildman–Crippen MR) is 91.3 cm³/mol. The van der Waals surface area contributed by atoms with Gasteiger partial charge in [-0.2, -0.15) is 5.10 Å². The van der Waals surface area contributed by atoms with Crippen LogP contribution in [-0.2, 0) is 4.74 Å². The van der Waals surface area contributed by atoms with Crippen LogP contribution >= 0.6 is 11.3 Å². The third kappa shape index (κ3) is 3.03. The standard InChI is InChI=1S/C16H21N5O2S/c1-11-7-13(20-19-11)14(22)21-5-2-3-16(10-21)8-12(9-23-16)18-15-17-4-6-24-15/h4,6-7,12H,2-3,5,8-10H2,1H3,(H,17,18)(H,19,20)/t12-,16+/m0/s1. The zero-order valence-corrected chi connectivity index (χ0v) is 14.4. The molecule has 2 atom stereocenters. The van der Waals surface area contributed by atoms with Crippen molar-refractivity contribution in [3.8, 4) is 0 Å². The van der Waals surface area contributed by atoms with Gasteiger partial charge in [-0.25, -0.2) is 4.98 Å². The second-order valence-corrected chi connectivity index (χ2v) is 7.54. The molecule has 0 bridgehead atoms. The number of thiazole rings is 1. The van der Waals surface area contributed by atoms with Gasteiger partial charge in [-0.1, -0.05) is 0 Å². The van der Waals surface area contributed by atoms with Gasteiger partial charge in [-0.15, -0.1) is 11.3 Å². The maximum atomic E-state index is 12.7. The topological polar surface area (TPSA) is 83.1 Å². The van der Waals surface area contributed by atoms with Crippen LogP contribution < -0.4 is 5.32 Å². The second-order valence-electron chi connectivity index (χ2n) is 6.64. The van der Waals surface area contributed by atoms with Gasteiger partial charge in [-0.05, 0) is 25.8 Å². The van der Waals surface area contributed by atoms with Crippen LogP contribution in [0.2, 0.25) is 0 Å². The Morgan fingerprint density at radius 3 is 3.25 bits per heavy atom. The van der Waals surface area contributed by atoms with Crippen molar-refractivity contribution >= 4 is 22.4 Å². The number of hydrogen-bond donors (Lipinski definition) is 2. The number of rotatable bonds is 3. The van der Waals surface area contributed by atoms with Crippen molar-refractivity contribution in [2.75, 3.05) is 25.0 Å². The van der Waals surface area contributed by atoms with E-state index < -0.39 is 0 Å². The zero-order valence-electron chi connectivity index (χ0n) is 13.6. The summed E-state index contributed by atoms with van der Waals surface area (Å²) >= 11 is 1.60. The number of ether oxygens (including phenoxy) is 1. The largest absolute Gasteiger partial charge is 0.371 e. The monoisotopic (exact) mass is 347 g/mol. The molecule has 2 aliphatic heterocycles. The number of carbonyl (C=O) groups is 1. The van der Waals surface area contributed by atoms with E-state index >= 15 is 0 Å². The van der Waals surface area contributed by atoms with Crippen molar-refractivity contribution in [3.05, 3.63) is 29.0 Å². The molecular formula is C16H21N5O2S. The Balaban J connectivity index is 1.42. The number of H-pyrrole nitrogens is 1. The molecule has 0 aromatic carbocycles. The molecule has 2 aliphatic rings. The normalized spacial score (nSPS) is 26.9. The van der Waals surface area contributed by atoms with Crippen molar-refractivity contribution in [1.82, 2.24) is 20.1 Å². The first kappa shape index (κ1) is 15.6. The van der Waals surface area contributed by atoms with Crippen molar-refractivity contribution < 1.29 is 9.53 Å². The summed E-state index contributed by atoms with van der Waals surface area (Å²) in [6, 6.07) is 2.05. The van der Waals surface area contributed by atoms with Crippen molar-refractivity contribution in [2.45, 2.75) is 37.8 Å². The molecule has 0 aliphatic carbocycles. The summed E-state index contributed by atoms with van der Waals surface area (Å²) in [5.41, 5.74) is 1.14. The summed E-state index contributed by atoms with van der Waals surface area (Å²) in [7, 11) is 0. The highest BCUT2D eigenvalue weighted by Gasteiger charge is 2.45. The first-order valence-electron chi connectivity index (χ1n) is 8.25. The lowest BCUT2D eigenvalue weighted by molar-refractivity contribution is -0.0448. The molecule has 1 spiro atoms. The average Bonchev–Trinajstić information content (AvgIpc) is 3.30. The highest BCUT2D eigenvalue weighted by molar-refractivity contribution is 7.13. The van der Waals surface area contributed by atoms with Crippen molar-refractivity contribution in [3.63, 3.8) is 0 Å². The number of likely N-dealkylation sites (tertiary alicyclic amines) is 1. The van der Waals surface area contributed by atoms with Gasteiger partial charge < -0.3 is 15.0 Å². The first-order chi connectivity index (χ1) is 11.6. The van der Waals surface area contributed by atoms with Crippen LogP contribution in [0.25, 0.3) is 0 Å². The molecule has 2 fully saturated rings. The van der Waals surface area contributed by atoms with E-state index in [1.807, 2.05) is 17.2 Å². The van der Waals surface area contributed by atoms with Gasteiger partial charge in [0.1, 0.15) is 5.69 Å². The zero-order chi connectivity index (χ0) is 16.6. The predicted octanol–water partition coefficient (Wildman–Crippen LogP) is 2.05. The minimum Gasteiger partial charge on any atom is -0.371 e. The van der Waals surface area contributed by atoms with Gasteiger partial charge in [0.15, 0.2) is 5.13 Å². The highest BCUT2D eigenvalue weighted by atomic mass is 32.1. The Labute approximate surface area is 144 Å². The quantitative estimate of drug-likeness (QED) is 0.888. The van der Waals surface area contributed by atoms with Gasteiger partial charge in [0.25, 0.3) is 5.91 Å². The number of hydrogen-bond acceptors (Lipinski definition) is 6. The lowest BCUT2D eigenvalue weighted by atomic mass is 9.88. The molecule has 7 nitrogen and oxygen atoms in total. The van der Waals surface area contributed by atoms with Crippen molar-refractivity contribution in [1.29, 1.82) is 0 Å². The number of aryl methyl sites for hydroxylation is 1. The van der Waals surface area contributed by atoms with Crippen molar-refractivity contribution in [2.24, 2.45) is 0 Å². The average molecular weight is 347 g/mol. The summed E-state index contributed by atoms with van der Waals surface area (Å²) in [6.45, 7) is 3.95. The molecule has 2 N–H and O–H groups in total. The molecule has 2 aromatic rings. The third-order valence-electron chi connectivity index (χ3n) is 4.72. The Morgan fingerprint density at radius 2 is 2.50 bits per heavy atom. The number of carbonyl (C=O) groups excluding carboxylic acids is 1. The molecule has 0 radical (unpaired) electrons. The van der Waals surface area contributed by atoms with Gasteiger partial charge in [0.05, 0.1) is 24.8 Å². The van der Waals surface area contributed by atoms with E-state index in [0.29, 0.717) is 18.8 Å². The number of aromatic amines is 1. The summed E-state index contributed by atoms with van der Waals surface area (Å²) in [5.74, 6) is -0.0154. The smallest absolute Gasteiger partial charge is 0.274 e. The fourth-order valence-corrected chi connectivity index (χ4v) is 4.26. The number of nitrogens with one attached hydrogen (secondary N) is 2. The fourth-order valence-electron chi connectivity index (χ4n) is 3.65. The second kappa shape index (κ2) is 6.18. The Kier molecular flexibility index (Phi) is 4.01. The van der Waals surface area contributed by atoms with Gasteiger partial charge >= 0.3 is 0 Å². The first-order valence-corrected chi connectivity index (χ1v) is 9.13. The molecule has 24 heavy (non-hydrogen) atoms.